The van der Waals surface area contributed by atoms with Gasteiger partial charge in [0.2, 0.25) is 5.91 Å². The lowest BCUT2D eigenvalue weighted by molar-refractivity contribution is -0.141. The molecule has 0 aliphatic carbocycles. The molecule has 1 aromatic carbocycles. The molecule has 4 rings (SSSR count). The van der Waals surface area contributed by atoms with E-state index in [-0.39, 0.29) is 17.3 Å². The third-order valence-corrected chi connectivity index (χ3v) is 6.20. The number of carbonyl (C=O) groups excluding carboxylic acids is 1. The third kappa shape index (κ3) is 3.95. The zero-order valence-corrected chi connectivity index (χ0v) is 16.9. The van der Waals surface area contributed by atoms with Crippen LogP contribution in [-0.2, 0) is 16.2 Å². The summed E-state index contributed by atoms with van der Waals surface area (Å²) in [4.78, 5) is 29.1. The number of amides is 1. The van der Waals surface area contributed by atoms with Gasteiger partial charge in [0.1, 0.15) is 0 Å². The van der Waals surface area contributed by atoms with Crippen LogP contribution in [0.1, 0.15) is 12.8 Å². The van der Waals surface area contributed by atoms with Crippen molar-refractivity contribution < 1.29 is 9.53 Å². The van der Waals surface area contributed by atoms with Gasteiger partial charge in [-0.1, -0.05) is 6.07 Å². The van der Waals surface area contributed by atoms with E-state index in [0.29, 0.717) is 13.2 Å². The molecule has 144 valence electrons. The van der Waals surface area contributed by atoms with E-state index in [1.165, 1.54) is 0 Å². The lowest BCUT2D eigenvalue weighted by Crippen LogP contribution is -2.46. The predicted octanol–water partition coefficient (Wildman–Crippen LogP) is 2.29. The van der Waals surface area contributed by atoms with Crippen LogP contribution in [-0.4, -0.2) is 59.7 Å². The van der Waals surface area contributed by atoms with Gasteiger partial charge >= 0.3 is 0 Å². The molecule has 0 saturated carbocycles. The van der Waals surface area contributed by atoms with Crippen molar-refractivity contribution in [3.05, 3.63) is 45.2 Å². The second-order valence-electron chi connectivity index (χ2n) is 7.26. The van der Waals surface area contributed by atoms with E-state index in [2.05, 4.69) is 25.4 Å². The van der Waals surface area contributed by atoms with Gasteiger partial charge in [0, 0.05) is 54.2 Å². The SMILES string of the molecule is O=C(C1CCN(Cn2ccc(=O)c3cccc(Br)c32)CC1)N1CCOCC1. The van der Waals surface area contributed by atoms with E-state index >= 15 is 0 Å². The first-order valence-electron chi connectivity index (χ1n) is 9.50. The fraction of sp³-hybridized carbons (Fsp3) is 0.500. The van der Waals surface area contributed by atoms with Crippen LogP contribution < -0.4 is 5.43 Å². The summed E-state index contributed by atoms with van der Waals surface area (Å²) in [6.45, 7) is 5.24. The molecule has 0 bridgehead atoms. The van der Waals surface area contributed by atoms with Crippen LogP contribution in [0.4, 0.5) is 0 Å². The van der Waals surface area contributed by atoms with Crippen LogP contribution in [0.25, 0.3) is 10.9 Å². The topological polar surface area (TPSA) is 54.8 Å². The lowest BCUT2D eigenvalue weighted by atomic mass is 9.95. The molecule has 6 nitrogen and oxygen atoms in total. The third-order valence-electron chi connectivity index (χ3n) is 5.56. The van der Waals surface area contributed by atoms with Gasteiger partial charge in [0.25, 0.3) is 0 Å². The molecule has 7 heteroatoms. The second kappa shape index (κ2) is 8.12. The van der Waals surface area contributed by atoms with Gasteiger partial charge in [-0.3, -0.25) is 14.5 Å². The summed E-state index contributed by atoms with van der Waals surface area (Å²) < 4.78 is 8.38. The number of carbonyl (C=O) groups is 1. The number of ether oxygens (including phenoxy) is 1. The molecular weight excluding hydrogens is 410 g/mol. The molecule has 0 N–H and O–H groups in total. The smallest absolute Gasteiger partial charge is 0.225 e. The fourth-order valence-electron chi connectivity index (χ4n) is 4.02. The number of hydrogen-bond acceptors (Lipinski definition) is 4. The molecule has 2 aliphatic heterocycles. The largest absolute Gasteiger partial charge is 0.378 e. The van der Waals surface area contributed by atoms with Gasteiger partial charge in [-0.2, -0.15) is 0 Å². The van der Waals surface area contributed by atoms with Crippen molar-refractivity contribution in [1.29, 1.82) is 0 Å². The molecule has 1 aromatic heterocycles. The highest BCUT2D eigenvalue weighted by Crippen LogP contribution is 2.24. The Morgan fingerprint density at radius 3 is 2.59 bits per heavy atom. The van der Waals surface area contributed by atoms with E-state index in [0.717, 1.165) is 61.1 Å². The molecule has 2 aliphatic rings. The van der Waals surface area contributed by atoms with Gasteiger partial charge in [-0.25, -0.2) is 0 Å². The van der Waals surface area contributed by atoms with E-state index in [1.807, 2.05) is 29.3 Å². The first-order chi connectivity index (χ1) is 13.1. The zero-order valence-electron chi connectivity index (χ0n) is 15.3. The summed E-state index contributed by atoms with van der Waals surface area (Å²) in [6.07, 6.45) is 3.63. The Kier molecular flexibility index (Phi) is 5.61. The Morgan fingerprint density at radius 2 is 1.85 bits per heavy atom. The van der Waals surface area contributed by atoms with Gasteiger partial charge in [-0.15, -0.1) is 0 Å². The second-order valence-corrected chi connectivity index (χ2v) is 8.11. The van der Waals surface area contributed by atoms with Crippen LogP contribution in [0.15, 0.2) is 39.7 Å². The van der Waals surface area contributed by atoms with E-state index in [1.54, 1.807) is 6.07 Å². The number of likely N-dealkylation sites (tertiary alicyclic amines) is 1. The molecule has 2 saturated heterocycles. The van der Waals surface area contributed by atoms with Crippen molar-refractivity contribution in [3.8, 4) is 0 Å². The predicted molar refractivity (Wildman–Crippen MR) is 108 cm³/mol. The molecule has 1 amide bonds. The van der Waals surface area contributed by atoms with E-state index in [4.69, 9.17) is 4.74 Å². The average molecular weight is 434 g/mol. The minimum Gasteiger partial charge on any atom is -0.378 e. The summed E-state index contributed by atoms with van der Waals surface area (Å²) in [5, 5.41) is 0.726. The first kappa shape index (κ1) is 18.7. The van der Waals surface area contributed by atoms with Crippen LogP contribution in [0.3, 0.4) is 0 Å². The molecule has 0 atom stereocenters. The Hall–Kier alpha value is -1.70. The number of rotatable bonds is 3. The van der Waals surface area contributed by atoms with Crippen molar-refractivity contribution >= 4 is 32.7 Å². The monoisotopic (exact) mass is 433 g/mol. The Labute approximate surface area is 166 Å². The molecule has 0 unspecified atom stereocenters. The first-order valence-corrected chi connectivity index (χ1v) is 10.3. The lowest BCUT2D eigenvalue weighted by Gasteiger charge is -2.35. The van der Waals surface area contributed by atoms with Crippen LogP contribution in [0, 0.1) is 5.92 Å². The summed E-state index contributed by atoms with van der Waals surface area (Å²) in [7, 11) is 0. The molecule has 27 heavy (non-hydrogen) atoms. The van der Waals surface area contributed by atoms with Gasteiger partial charge < -0.3 is 14.2 Å². The van der Waals surface area contributed by atoms with Gasteiger partial charge in [0.15, 0.2) is 5.43 Å². The molecular formula is C20H24BrN3O3. The van der Waals surface area contributed by atoms with Gasteiger partial charge in [-0.05, 0) is 40.9 Å². The van der Waals surface area contributed by atoms with E-state index in [9.17, 15) is 9.59 Å². The summed E-state index contributed by atoms with van der Waals surface area (Å²) in [5.74, 6) is 0.409. The quantitative estimate of drug-likeness (QED) is 0.744. The minimum absolute atomic E-state index is 0.0392. The molecule has 0 radical (unpaired) electrons. The highest BCUT2D eigenvalue weighted by atomic mass is 79.9. The Bertz CT molecular complexity index is 884. The normalized spacial score (nSPS) is 19.5. The number of para-hydroxylation sites is 1. The highest BCUT2D eigenvalue weighted by Gasteiger charge is 2.29. The minimum atomic E-state index is 0.0392. The number of pyridine rings is 1. The number of halogens is 1. The van der Waals surface area contributed by atoms with Crippen molar-refractivity contribution in [3.63, 3.8) is 0 Å². The maximum atomic E-state index is 12.7. The summed E-state index contributed by atoms with van der Waals surface area (Å²) in [6, 6.07) is 7.35. The molecule has 3 heterocycles. The van der Waals surface area contributed by atoms with Crippen LogP contribution >= 0.6 is 15.9 Å². The molecule has 2 fully saturated rings. The zero-order chi connectivity index (χ0) is 18.8. The van der Waals surface area contributed by atoms with Crippen molar-refractivity contribution in [2.45, 2.75) is 19.5 Å². The number of piperidine rings is 1. The molecule has 0 spiro atoms. The van der Waals surface area contributed by atoms with E-state index < -0.39 is 0 Å². The van der Waals surface area contributed by atoms with Crippen LogP contribution in [0.5, 0.6) is 0 Å². The van der Waals surface area contributed by atoms with Crippen molar-refractivity contribution in [2.24, 2.45) is 5.92 Å². The number of aromatic nitrogens is 1. The van der Waals surface area contributed by atoms with Crippen molar-refractivity contribution in [2.75, 3.05) is 39.4 Å². The number of hydrogen-bond donors (Lipinski definition) is 0. The van der Waals surface area contributed by atoms with Gasteiger partial charge in [0.05, 0.1) is 25.4 Å². The maximum Gasteiger partial charge on any atom is 0.225 e. The number of fused-ring (bicyclic) bond motifs is 1. The average Bonchev–Trinajstić information content (AvgIpc) is 2.71. The van der Waals surface area contributed by atoms with Crippen molar-refractivity contribution in [1.82, 2.24) is 14.4 Å². The number of nitrogens with zero attached hydrogens (tertiary/aromatic N) is 3. The highest BCUT2D eigenvalue weighted by molar-refractivity contribution is 9.10. The summed E-state index contributed by atoms with van der Waals surface area (Å²) in [5.41, 5.74) is 0.967. The Balaban J connectivity index is 1.43. The standard InChI is InChI=1S/C20H24BrN3O3/c21-17-3-1-2-16-18(25)6-9-24(19(16)17)14-22-7-4-15(5-8-22)20(26)23-10-12-27-13-11-23/h1-3,6,9,15H,4-5,7-8,10-14H2. The molecule has 2 aromatic rings. The Morgan fingerprint density at radius 1 is 1.11 bits per heavy atom. The summed E-state index contributed by atoms with van der Waals surface area (Å²) >= 11 is 3.58. The maximum absolute atomic E-state index is 12.7. The fourth-order valence-corrected chi connectivity index (χ4v) is 4.62. The number of morpholine rings is 1. The van der Waals surface area contributed by atoms with Crippen LogP contribution in [0.2, 0.25) is 0 Å². The number of benzene rings is 1.